The number of fused-ring (bicyclic) bond motifs is 1. The molecule has 0 aliphatic carbocycles. The Balaban J connectivity index is 2.57. The summed E-state index contributed by atoms with van der Waals surface area (Å²) in [6, 6.07) is 8.22. The fourth-order valence-corrected chi connectivity index (χ4v) is 2.46. The first-order valence-electron chi connectivity index (χ1n) is 6.74. The number of rotatable bonds is 5. The van der Waals surface area contributed by atoms with Crippen LogP contribution in [0.1, 0.15) is 25.5 Å². The number of benzene rings is 1. The van der Waals surface area contributed by atoms with Crippen molar-refractivity contribution in [3.05, 3.63) is 36.2 Å². The second kappa shape index (κ2) is 6.02. The second-order valence-electron chi connectivity index (χ2n) is 5.19. The van der Waals surface area contributed by atoms with Crippen LogP contribution in [0.2, 0.25) is 0 Å². The molecule has 3 nitrogen and oxygen atoms in total. The van der Waals surface area contributed by atoms with Crippen molar-refractivity contribution in [1.29, 1.82) is 0 Å². The SMILES string of the molecule is CNCC(c1nccc2ccc(OC)cc12)C(C)C. The molecule has 0 spiro atoms. The lowest BCUT2D eigenvalue weighted by Crippen LogP contribution is -2.22. The molecule has 0 saturated carbocycles. The van der Waals surface area contributed by atoms with E-state index in [1.165, 1.54) is 10.8 Å². The van der Waals surface area contributed by atoms with Gasteiger partial charge in [0.15, 0.2) is 0 Å². The van der Waals surface area contributed by atoms with Gasteiger partial charge in [0.05, 0.1) is 12.8 Å². The normalized spacial score (nSPS) is 12.9. The van der Waals surface area contributed by atoms with E-state index in [1.807, 2.05) is 19.3 Å². The quantitative estimate of drug-likeness (QED) is 0.894. The average Bonchev–Trinajstić information content (AvgIpc) is 2.43. The summed E-state index contributed by atoms with van der Waals surface area (Å²) in [6.07, 6.45) is 1.90. The van der Waals surface area contributed by atoms with Gasteiger partial charge in [0.1, 0.15) is 5.75 Å². The predicted octanol–water partition coefficient (Wildman–Crippen LogP) is 3.20. The first-order chi connectivity index (χ1) is 9.17. The van der Waals surface area contributed by atoms with Crippen molar-refractivity contribution < 1.29 is 4.74 Å². The third kappa shape index (κ3) is 2.87. The monoisotopic (exact) mass is 258 g/mol. The van der Waals surface area contributed by atoms with Gasteiger partial charge < -0.3 is 10.1 Å². The zero-order chi connectivity index (χ0) is 13.8. The molecule has 19 heavy (non-hydrogen) atoms. The van der Waals surface area contributed by atoms with E-state index in [4.69, 9.17) is 4.74 Å². The van der Waals surface area contributed by atoms with E-state index < -0.39 is 0 Å². The van der Waals surface area contributed by atoms with E-state index in [-0.39, 0.29) is 0 Å². The topological polar surface area (TPSA) is 34.2 Å². The molecule has 0 amide bonds. The number of hydrogen-bond donors (Lipinski definition) is 1. The molecule has 2 rings (SSSR count). The van der Waals surface area contributed by atoms with Crippen LogP contribution in [0.25, 0.3) is 10.8 Å². The summed E-state index contributed by atoms with van der Waals surface area (Å²) in [6.45, 7) is 5.41. The first kappa shape index (κ1) is 13.8. The minimum Gasteiger partial charge on any atom is -0.497 e. The molecule has 0 fully saturated rings. The third-order valence-corrected chi connectivity index (χ3v) is 3.58. The van der Waals surface area contributed by atoms with Crippen LogP contribution in [0.15, 0.2) is 30.5 Å². The Morgan fingerprint density at radius 3 is 2.68 bits per heavy atom. The molecule has 1 atom stereocenters. The van der Waals surface area contributed by atoms with Gasteiger partial charge in [-0.05, 0) is 36.6 Å². The summed E-state index contributed by atoms with van der Waals surface area (Å²) >= 11 is 0. The Morgan fingerprint density at radius 2 is 2.05 bits per heavy atom. The Hall–Kier alpha value is -1.61. The number of nitrogens with zero attached hydrogens (tertiary/aromatic N) is 1. The van der Waals surface area contributed by atoms with E-state index in [9.17, 15) is 0 Å². The van der Waals surface area contributed by atoms with Crippen LogP contribution in [-0.4, -0.2) is 25.7 Å². The van der Waals surface area contributed by atoms with E-state index in [0.29, 0.717) is 11.8 Å². The maximum absolute atomic E-state index is 5.33. The Bertz CT molecular complexity index is 551. The number of likely N-dealkylation sites (N-methyl/N-ethyl adjacent to an activating group) is 1. The number of nitrogens with one attached hydrogen (secondary N) is 1. The molecule has 1 aromatic carbocycles. The second-order valence-corrected chi connectivity index (χ2v) is 5.19. The highest BCUT2D eigenvalue weighted by Gasteiger charge is 2.19. The van der Waals surface area contributed by atoms with Gasteiger partial charge in [-0.2, -0.15) is 0 Å². The standard InChI is InChI=1S/C16H22N2O/c1-11(2)15(10-17-3)16-14-9-13(19-4)6-5-12(14)7-8-18-16/h5-9,11,15,17H,10H2,1-4H3. The number of methoxy groups -OCH3 is 1. The molecule has 2 aromatic rings. The lowest BCUT2D eigenvalue weighted by atomic mass is 9.89. The zero-order valence-corrected chi connectivity index (χ0v) is 12.1. The van der Waals surface area contributed by atoms with Crippen LogP contribution in [0.5, 0.6) is 5.75 Å². The Kier molecular flexibility index (Phi) is 4.38. The van der Waals surface area contributed by atoms with Crippen molar-refractivity contribution in [2.75, 3.05) is 20.7 Å². The van der Waals surface area contributed by atoms with Crippen molar-refractivity contribution in [3.63, 3.8) is 0 Å². The van der Waals surface area contributed by atoms with Crippen molar-refractivity contribution in [1.82, 2.24) is 10.3 Å². The van der Waals surface area contributed by atoms with Crippen molar-refractivity contribution in [2.45, 2.75) is 19.8 Å². The first-order valence-corrected chi connectivity index (χ1v) is 6.74. The minimum absolute atomic E-state index is 0.404. The molecule has 1 aromatic heterocycles. The number of ether oxygens (including phenoxy) is 1. The van der Waals surface area contributed by atoms with Gasteiger partial charge in [0, 0.05) is 24.0 Å². The van der Waals surface area contributed by atoms with Gasteiger partial charge in [-0.3, -0.25) is 4.98 Å². The van der Waals surface area contributed by atoms with E-state index in [1.54, 1.807) is 7.11 Å². The molecule has 0 aliphatic rings. The van der Waals surface area contributed by atoms with Crippen molar-refractivity contribution in [2.24, 2.45) is 5.92 Å². The maximum atomic E-state index is 5.33. The Morgan fingerprint density at radius 1 is 1.26 bits per heavy atom. The largest absolute Gasteiger partial charge is 0.497 e. The van der Waals surface area contributed by atoms with Crippen molar-refractivity contribution in [3.8, 4) is 5.75 Å². The molecule has 0 bridgehead atoms. The minimum atomic E-state index is 0.404. The summed E-state index contributed by atoms with van der Waals surface area (Å²) < 4.78 is 5.33. The predicted molar refractivity (Wildman–Crippen MR) is 79.8 cm³/mol. The van der Waals surface area contributed by atoms with Gasteiger partial charge in [0.2, 0.25) is 0 Å². The molecule has 1 heterocycles. The van der Waals surface area contributed by atoms with Gasteiger partial charge in [-0.15, -0.1) is 0 Å². The number of pyridine rings is 1. The van der Waals surface area contributed by atoms with Gasteiger partial charge in [0.25, 0.3) is 0 Å². The molecule has 0 radical (unpaired) electrons. The summed E-state index contributed by atoms with van der Waals surface area (Å²) in [5, 5.41) is 5.68. The van der Waals surface area contributed by atoms with Gasteiger partial charge in [-0.1, -0.05) is 19.9 Å². The van der Waals surface area contributed by atoms with E-state index in [0.717, 1.165) is 18.0 Å². The molecule has 102 valence electrons. The van der Waals surface area contributed by atoms with Crippen LogP contribution in [-0.2, 0) is 0 Å². The zero-order valence-electron chi connectivity index (χ0n) is 12.1. The van der Waals surface area contributed by atoms with Crippen LogP contribution < -0.4 is 10.1 Å². The van der Waals surface area contributed by atoms with Gasteiger partial charge in [-0.25, -0.2) is 0 Å². The van der Waals surface area contributed by atoms with Crippen LogP contribution in [0.3, 0.4) is 0 Å². The highest BCUT2D eigenvalue weighted by Crippen LogP contribution is 2.30. The average molecular weight is 258 g/mol. The summed E-state index contributed by atoms with van der Waals surface area (Å²) in [5.41, 5.74) is 1.15. The molecule has 1 N–H and O–H groups in total. The highest BCUT2D eigenvalue weighted by molar-refractivity contribution is 5.86. The van der Waals surface area contributed by atoms with E-state index in [2.05, 4.69) is 42.3 Å². The molecule has 3 heteroatoms. The molecule has 0 aliphatic heterocycles. The highest BCUT2D eigenvalue weighted by atomic mass is 16.5. The lowest BCUT2D eigenvalue weighted by Gasteiger charge is -2.21. The smallest absolute Gasteiger partial charge is 0.119 e. The lowest BCUT2D eigenvalue weighted by molar-refractivity contribution is 0.415. The van der Waals surface area contributed by atoms with Gasteiger partial charge >= 0.3 is 0 Å². The van der Waals surface area contributed by atoms with Crippen molar-refractivity contribution >= 4 is 10.8 Å². The summed E-state index contributed by atoms with van der Waals surface area (Å²) in [7, 11) is 3.69. The fourth-order valence-electron chi connectivity index (χ4n) is 2.46. The molecular formula is C16H22N2O. The molecule has 1 unspecified atom stereocenters. The van der Waals surface area contributed by atoms with Crippen LogP contribution in [0, 0.1) is 5.92 Å². The third-order valence-electron chi connectivity index (χ3n) is 3.58. The van der Waals surface area contributed by atoms with E-state index >= 15 is 0 Å². The maximum Gasteiger partial charge on any atom is 0.119 e. The molecular weight excluding hydrogens is 236 g/mol. The van der Waals surface area contributed by atoms with Crippen LogP contribution in [0.4, 0.5) is 0 Å². The Labute approximate surface area is 115 Å². The summed E-state index contributed by atoms with van der Waals surface area (Å²) in [4.78, 5) is 4.63. The fraction of sp³-hybridized carbons (Fsp3) is 0.438. The number of hydrogen-bond acceptors (Lipinski definition) is 3. The summed E-state index contributed by atoms with van der Waals surface area (Å²) in [5.74, 6) is 1.83. The number of aromatic nitrogens is 1. The van der Waals surface area contributed by atoms with Crippen LogP contribution >= 0.6 is 0 Å². The molecule has 0 saturated heterocycles.